The van der Waals surface area contributed by atoms with E-state index >= 15 is 0 Å². The molecule has 0 radical (unpaired) electrons. The van der Waals surface area contributed by atoms with Crippen LogP contribution in [0.25, 0.3) is 0 Å². The van der Waals surface area contributed by atoms with Gasteiger partial charge in [-0.2, -0.15) is 0 Å². The fourth-order valence-corrected chi connectivity index (χ4v) is 5.84. The van der Waals surface area contributed by atoms with E-state index in [4.69, 9.17) is 16.3 Å². The molecule has 0 N–H and O–H groups in total. The van der Waals surface area contributed by atoms with Crippen LogP contribution in [-0.4, -0.2) is 23.9 Å². The van der Waals surface area contributed by atoms with Gasteiger partial charge in [0.15, 0.2) is 0 Å². The summed E-state index contributed by atoms with van der Waals surface area (Å²) < 4.78 is 6.41. The Hall–Kier alpha value is -0.420. The minimum atomic E-state index is 0.606. The summed E-state index contributed by atoms with van der Waals surface area (Å²) >= 11 is 11.7. The summed E-state index contributed by atoms with van der Waals surface area (Å²) in [5.74, 6) is 4.40. The highest BCUT2D eigenvalue weighted by atomic mass is 35.5. The molecule has 0 unspecified atom stereocenters. The van der Waals surface area contributed by atoms with Crippen molar-refractivity contribution in [2.45, 2.75) is 9.48 Å². The van der Waals surface area contributed by atoms with E-state index in [1.54, 1.807) is 11.8 Å². The van der Waals surface area contributed by atoms with Gasteiger partial charge in [-0.15, -0.1) is 35.3 Å². The van der Waals surface area contributed by atoms with E-state index in [1.165, 1.54) is 22.0 Å². The summed E-state index contributed by atoms with van der Waals surface area (Å²) in [6.07, 6.45) is 0. The lowest BCUT2D eigenvalue weighted by Crippen LogP contribution is -2.00. The molecule has 1 aliphatic rings. The summed E-state index contributed by atoms with van der Waals surface area (Å²) in [5.41, 5.74) is 1.40. The zero-order chi connectivity index (χ0) is 15.2. The number of benzene rings is 2. The molecule has 5 heteroatoms. The van der Waals surface area contributed by atoms with Gasteiger partial charge in [-0.1, -0.05) is 23.7 Å². The van der Waals surface area contributed by atoms with Gasteiger partial charge in [0.25, 0.3) is 0 Å². The SMILES string of the molecule is Clc1ccc(SCCOc2ccc(C3SCCS3)cc2)cc1. The lowest BCUT2D eigenvalue weighted by Gasteiger charge is -2.10. The Morgan fingerprint density at radius 1 is 1.00 bits per heavy atom. The highest BCUT2D eigenvalue weighted by Crippen LogP contribution is 2.45. The van der Waals surface area contributed by atoms with E-state index in [0.29, 0.717) is 11.2 Å². The first kappa shape index (κ1) is 16.4. The standard InChI is InChI=1S/C17H17ClOS3/c18-14-3-7-16(8-4-14)20-10-9-19-15-5-1-13(2-6-15)17-21-11-12-22-17/h1-8,17H,9-12H2. The maximum Gasteiger partial charge on any atom is 0.119 e. The molecule has 0 atom stereocenters. The molecular weight excluding hydrogens is 352 g/mol. The normalized spacial score (nSPS) is 15.1. The van der Waals surface area contributed by atoms with Crippen molar-refractivity contribution in [3.05, 3.63) is 59.1 Å². The Morgan fingerprint density at radius 3 is 2.36 bits per heavy atom. The Balaban J connectivity index is 1.42. The fourth-order valence-electron chi connectivity index (χ4n) is 2.12. The molecule has 2 aromatic carbocycles. The summed E-state index contributed by atoms with van der Waals surface area (Å²) in [4.78, 5) is 1.22. The van der Waals surface area contributed by atoms with Crippen molar-refractivity contribution in [1.29, 1.82) is 0 Å². The number of hydrogen-bond acceptors (Lipinski definition) is 4. The smallest absolute Gasteiger partial charge is 0.119 e. The van der Waals surface area contributed by atoms with Crippen LogP contribution in [0.1, 0.15) is 10.1 Å². The highest BCUT2D eigenvalue weighted by Gasteiger charge is 2.17. The molecule has 2 aromatic rings. The number of thioether (sulfide) groups is 3. The van der Waals surface area contributed by atoms with Crippen LogP contribution in [-0.2, 0) is 0 Å². The van der Waals surface area contributed by atoms with E-state index in [0.717, 1.165) is 16.5 Å². The molecule has 3 rings (SSSR count). The van der Waals surface area contributed by atoms with Crippen LogP contribution in [0.2, 0.25) is 5.02 Å². The van der Waals surface area contributed by atoms with E-state index in [-0.39, 0.29) is 0 Å². The van der Waals surface area contributed by atoms with Gasteiger partial charge in [-0.25, -0.2) is 0 Å². The minimum absolute atomic E-state index is 0.606. The van der Waals surface area contributed by atoms with Crippen molar-refractivity contribution in [2.75, 3.05) is 23.9 Å². The molecule has 0 aliphatic carbocycles. The lowest BCUT2D eigenvalue weighted by atomic mass is 10.2. The second kappa shape index (κ2) is 8.44. The Bertz CT molecular complexity index is 580. The minimum Gasteiger partial charge on any atom is -0.493 e. The van der Waals surface area contributed by atoms with Crippen LogP contribution in [0, 0.1) is 0 Å². The van der Waals surface area contributed by atoms with Crippen molar-refractivity contribution < 1.29 is 4.74 Å². The number of halogens is 1. The molecule has 1 heterocycles. The van der Waals surface area contributed by atoms with Gasteiger partial charge in [0.1, 0.15) is 5.75 Å². The van der Waals surface area contributed by atoms with Crippen molar-refractivity contribution in [1.82, 2.24) is 0 Å². The summed E-state index contributed by atoms with van der Waals surface area (Å²) in [5, 5.41) is 0.777. The lowest BCUT2D eigenvalue weighted by molar-refractivity contribution is 0.344. The number of rotatable bonds is 6. The van der Waals surface area contributed by atoms with Gasteiger partial charge >= 0.3 is 0 Å². The number of ether oxygens (including phenoxy) is 1. The third kappa shape index (κ3) is 4.79. The summed E-state index contributed by atoms with van der Waals surface area (Å²) in [6.45, 7) is 0.708. The first-order chi connectivity index (χ1) is 10.8. The van der Waals surface area contributed by atoms with Gasteiger partial charge in [0, 0.05) is 27.2 Å². The second-order valence-electron chi connectivity index (χ2n) is 4.79. The largest absolute Gasteiger partial charge is 0.493 e. The van der Waals surface area contributed by atoms with Crippen LogP contribution >= 0.6 is 46.9 Å². The maximum absolute atomic E-state index is 5.88. The summed E-state index contributed by atoms with van der Waals surface area (Å²) in [7, 11) is 0. The number of hydrogen-bond donors (Lipinski definition) is 0. The third-order valence-corrected chi connectivity index (χ3v) is 7.54. The van der Waals surface area contributed by atoms with Crippen LogP contribution in [0.5, 0.6) is 5.75 Å². The fraction of sp³-hybridized carbons (Fsp3) is 0.294. The van der Waals surface area contributed by atoms with E-state index in [9.17, 15) is 0 Å². The highest BCUT2D eigenvalue weighted by molar-refractivity contribution is 8.19. The topological polar surface area (TPSA) is 9.23 Å². The maximum atomic E-state index is 5.88. The molecule has 1 nitrogen and oxygen atoms in total. The average Bonchev–Trinajstić information content (AvgIpc) is 3.08. The van der Waals surface area contributed by atoms with Gasteiger partial charge in [-0.05, 0) is 42.0 Å². The van der Waals surface area contributed by atoms with Gasteiger partial charge in [-0.3, -0.25) is 0 Å². The van der Waals surface area contributed by atoms with Crippen LogP contribution < -0.4 is 4.74 Å². The first-order valence-electron chi connectivity index (χ1n) is 7.15. The predicted molar refractivity (Wildman–Crippen MR) is 102 cm³/mol. The molecule has 116 valence electrons. The van der Waals surface area contributed by atoms with Crippen molar-refractivity contribution in [3.8, 4) is 5.75 Å². The van der Waals surface area contributed by atoms with Crippen molar-refractivity contribution in [3.63, 3.8) is 0 Å². The predicted octanol–water partition coefficient (Wildman–Crippen LogP) is 5.99. The van der Waals surface area contributed by atoms with E-state index in [1.807, 2.05) is 47.8 Å². The molecule has 0 amide bonds. The Kier molecular flexibility index (Phi) is 6.30. The molecule has 1 saturated heterocycles. The molecule has 0 aromatic heterocycles. The summed E-state index contributed by atoms with van der Waals surface area (Å²) in [6, 6.07) is 16.5. The Morgan fingerprint density at radius 2 is 1.68 bits per heavy atom. The van der Waals surface area contributed by atoms with Gasteiger partial charge < -0.3 is 4.74 Å². The van der Waals surface area contributed by atoms with Crippen molar-refractivity contribution >= 4 is 46.9 Å². The first-order valence-corrected chi connectivity index (χ1v) is 10.6. The molecule has 0 bridgehead atoms. The van der Waals surface area contributed by atoms with E-state index < -0.39 is 0 Å². The molecule has 0 spiro atoms. The zero-order valence-electron chi connectivity index (χ0n) is 12.0. The third-order valence-electron chi connectivity index (χ3n) is 3.21. The average molecular weight is 369 g/mol. The second-order valence-corrected chi connectivity index (χ2v) is 9.12. The van der Waals surface area contributed by atoms with Crippen LogP contribution in [0.4, 0.5) is 0 Å². The van der Waals surface area contributed by atoms with Crippen LogP contribution in [0.3, 0.4) is 0 Å². The quantitative estimate of drug-likeness (QED) is 0.457. The van der Waals surface area contributed by atoms with Gasteiger partial charge in [0.2, 0.25) is 0 Å². The van der Waals surface area contributed by atoms with E-state index in [2.05, 4.69) is 24.3 Å². The molecule has 0 saturated carbocycles. The molecule has 1 aliphatic heterocycles. The van der Waals surface area contributed by atoms with Crippen LogP contribution in [0.15, 0.2) is 53.4 Å². The molecule has 22 heavy (non-hydrogen) atoms. The zero-order valence-corrected chi connectivity index (χ0v) is 15.2. The molecule has 1 fully saturated rings. The monoisotopic (exact) mass is 368 g/mol. The van der Waals surface area contributed by atoms with Gasteiger partial charge in [0.05, 0.1) is 11.2 Å². The van der Waals surface area contributed by atoms with Crippen molar-refractivity contribution in [2.24, 2.45) is 0 Å². The Labute approximate surface area is 149 Å². The molecular formula is C17H17ClOS3.